The van der Waals surface area contributed by atoms with E-state index in [1.54, 1.807) is 25.1 Å². The topological polar surface area (TPSA) is 144 Å². The number of nitrogens with one attached hydrogen (secondary N) is 1. The van der Waals surface area contributed by atoms with Crippen LogP contribution in [-0.2, 0) is 9.47 Å². The van der Waals surface area contributed by atoms with Crippen LogP contribution in [0.5, 0.6) is 23.0 Å². The van der Waals surface area contributed by atoms with Crippen LogP contribution in [0.1, 0.15) is 31.7 Å². The van der Waals surface area contributed by atoms with Crippen molar-refractivity contribution >= 4 is 23.7 Å². The van der Waals surface area contributed by atoms with Crippen molar-refractivity contribution in [3.05, 3.63) is 80.1 Å². The number of methoxy groups -OCH3 is 4. The molecule has 1 saturated heterocycles. The summed E-state index contributed by atoms with van der Waals surface area (Å²) < 4.78 is 34.0. The van der Waals surface area contributed by atoms with Gasteiger partial charge in [-0.25, -0.2) is 14.4 Å². The van der Waals surface area contributed by atoms with E-state index < -0.39 is 40.8 Å². The fourth-order valence-corrected chi connectivity index (χ4v) is 5.52. The molecule has 1 aliphatic heterocycles. The number of carbonyl (C=O) groups excluding carboxylic acids is 2. The van der Waals surface area contributed by atoms with Crippen LogP contribution in [0.2, 0.25) is 0 Å². The third kappa shape index (κ3) is 5.78. The molecule has 1 N–H and O–H groups in total. The molecule has 12 nitrogen and oxygen atoms in total. The van der Waals surface area contributed by atoms with Gasteiger partial charge in [0, 0.05) is 29.6 Å². The number of aromatic amines is 1. The lowest BCUT2D eigenvalue weighted by atomic mass is 10.1. The van der Waals surface area contributed by atoms with Gasteiger partial charge < -0.3 is 28.4 Å². The fourth-order valence-electron chi connectivity index (χ4n) is 4.14. The van der Waals surface area contributed by atoms with Crippen molar-refractivity contribution in [3.63, 3.8) is 0 Å². The second-order valence-electron chi connectivity index (χ2n) is 8.65. The highest BCUT2D eigenvalue weighted by molar-refractivity contribution is 7.99. The van der Waals surface area contributed by atoms with E-state index in [4.69, 9.17) is 28.4 Å². The average molecular weight is 573 g/mol. The van der Waals surface area contributed by atoms with Crippen LogP contribution in [0.25, 0.3) is 0 Å². The summed E-state index contributed by atoms with van der Waals surface area (Å²) in [4.78, 5) is 53.5. The summed E-state index contributed by atoms with van der Waals surface area (Å²) in [5, 5.41) is -0.813. The van der Waals surface area contributed by atoms with Crippen molar-refractivity contribution in [1.82, 2.24) is 9.55 Å². The first-order valence-corrected chi connectivity index (χ1v) is 13.0. The summed E-state index contributed by atoms with van der Waals surface area (Å²) in [6.07, 6.45) is -0.688. The lowest BCUT2D eigenvalue weighted by molar-refractivity contribution is -0.0304. The van der Waals surface area contributed by atoms with Gasteiger partial charge in [0.2, 0.25) is 0 Å². The van der Waals surface area contributed by atoms with Gasteiger partial charge in [-0.05, 0) is 31.2 Å². The minimum atomic E-state index is -1.11. The predicted octanol–water partition coefficient (Wildman–Crippen LogP) is 2.58. The molecule has 2 heterocycles. The Balaban J connectivity index is 1.69. The zero-order valence-corrected chi connectivity index (χ0v) is 23.2. The Bertz CT molecular complexity index is 1530. The molecule has 0 saturated carbocycles. The zero-order valence-electron chi connectivity index (χ0n) is 22.4. The van der Waals surface area contributed by atoms with Crippen molar-refractivity contribution in [3.8, 4) is 23.0 Å². The van der Waals surface area contributed by atoms with E-state index in [1.807, 2.05) is 0 Å². The van der Waals surface area contributed by atoms with Gasteiger partial charge in [-0.3, -0.25) is 14.3 Å². The Hall–Kier alpha value is -4.39. The number of benzene rings is 2. The summed E-state index contributed by atoms with van der Waals surface area (Å²) in [5.41, 5.74) is -0.706. The maximum absolute atomic E-state index is 13.4. The van der Waals surface area contributed by atoms with Gasteiger partial charge in [-0.15, -0.1) is 11.8 Å². The number of carbonyl (C=O) groups is 2. The second-order valence-corrected chi connectivity index (χ2v) is 9.80. The Kier molecular flexibility index (Phi) is 8.73. The number of H-pyrrole nitrogens is 1. The van der Waals surface area contributed by atoms with Gasteiger partial charge in [0.15, 0.2) is 12.2 Å². The molecule has 0 bridgehead atoms. The van der Waals surface area contributed by atoms with E-state index in [0.29, 0.717) is 11.5 Å². The number of nitrogens with zero attached hydrogens (tertiary/aromatic N) is 1. The summed E-state index contributed by atoms with van der Waals surface area (Å²) in [7, 11) is 5.77. The minimum Gasteiger partial charge on any atom is -0.497 e. The van der Waals surface area contributed by atoms with E-state index in [-0.39, 0.29) is 33.9 Å². The molecule has 4 rings (SSSR count). The number of rotatable bonds is 9. The molecular weight excluding hydrogens is 544 g/mol. The second kappa shape index (κ2) is 12.2. The molecule has 0 radical (unpaired) electrons. The molecule has 1 aromatic heterocycles. The Morgan fingerprint density at radius 1 is 0.850 bits per heavy atom. The Morgan fingerprint density at radius 2 is 1.40 bits per heavy atom. The van der Waals surface area contributed by atoms with Crippen LogP contribution in [0.15, 0.2) is 52.2 Å². The quantitative estimate of drug-likeness (QED) is 0.378. The van der Waals surface area contributed by atoms with Crippen LogP contribution in [0.3, 0.4) is 0 Å². The van der Waals surface area contributed by atoms with E-state index in [2.05, 4.69) is 4.98 Å². The largest absolute Gasteiger partial charge is 0.497 e. The van der Waals surface area contributed by atoms with Crippen LogP contribution < -0.4 is 30.2 Å². The molecule has 13 heteroatoms. The first-order chi connectivity index (χ1) is 19.2. The minimum absolute atomic E-state index is 0.103. The standard InChI is InChI=1S/C27H28N2O10S/c1-14-12-29(27(33)28-23(14)30)24-22(39-26(32)18-9-7-16(35-3)11-20(18)37-5)21(13-40-24)38-25(31)17-8-6-15(34-2)10-19(17)36-4/h6-12,21-22,24H,13H2,1-5H3,(H,28,30,33)/t21-,22-,24-/m1/s1. The van der Waals surface area contributed by atoms with Gasteiger partial charge >= 0.3 is 17.6 Å². The smallest absolute Gasteiger partial charge is 0.342 e. The van der Waals surface area contributed by atoms with Crippen molar-refractivity contribution in [2.75, 3.05) is 34.2 Å². The molecular formula is C27H28N2O10S. The highest BCUT2D eigenvalue weighted by Crippen LogP contribution is 2.40. The number of esters is 2. The molecule has 3 aromatic rings. The maximum atomic E-state index is 13.4. The summed E-state index contributed by atoms with van der Waals surface area (Å²) in [6, 6.07) is 9.21. The molecule has 3 atom stereocenters. The monoisotopic (exact) mass is 572 g/mol. The van der Waals surface area contributed by atoms with Gasteiger partial charge in [0.1, 0.15) is 39.5 Å². The summed E-state index contributed by atoms with van der Waals surface area (Å²) in [6.45, 7) is 1.55. The Morgan fingerprint density at radius 3 is 1.93 bits per heavy atom. The molecule has 1 fully saturated rings. The van der Waals surface area contributed by atoms with Crippen LogP contribution >= 0.6 is 11.8 Å². The fraction of sp³-hybridized carbons (Fsp3) is 0.333. The van der Waals surface area contributed by atoms with Crippen molar-refractivity contribution in [2.45, 2.75) is 24.5 Å². The Labute approximate surface area is 233 Å². The average Bonchev–Trinajstić information content (AvgIpc) is 3.34. The number of aryl methyl sites for hydroxylation is 1. The summed E-state index contributed by atoms with van der Waals surface area (Å²) in [5.74, 6) is 0.0944. The first-order valence-electron chi connectivity index (χ1n) is 12.0. The van der Waals surface area contributed by atoms with E-state index in [1.165, 1.54) is 69.2 Å². The van der Waals surface area contributed by atoms with Crippen LogP contribution in [0.4, 0.5) is 0 Å². The maximum Gasteiger partial charge on any atom is 0.342 e. The molecule has 0 spiro atoms. The van der Waals surface area contributed by atoms with Gasteiger partial charge in [-0.2, -0.15) is 0 Å². The van der Waals surface area contributed by atoms with Crippen molar-refractivity contribution in [2.24, 2.45) is 0 Å². The highest BCUT2D eigenvalue weighted by atomic mass is 32.2. The van der Waals surface area contributed by atoms with Crippen LogP contribution in [-0.4, -0.2) is 67.9 Å². The van der Waals surface area contributed by atoms with E-state index in [9.17, 15) is 19.2 Å². The number of ether oxygens (including phenoxy) is 6. The molecule has 0 unspecified atom stereocenters. The third-order valence-electron chi connectivity index (χ3n) is 6.26. The van der Waals surface area contributed by atoms with Crippen LogP contribution in [0, 0.1) is 6.92 Å². The number of thioether (sulfide) groups is 1. The lowest BCUT2D eigenvalue weighted by Crippen LogP contribution is -2.41. The van der Waals surface area contributed by atoms with E-state index >= 15 is 0 Å². The molecule has 2 aromatic carbocycles. The van der Waals surface area contributed by atoms with Crippen molar-refractivity contribution in [1.29, 1.82) is 0 Å². The zero-order chi connectivity index (χ0) is 29.0. The van der Waals surface area contributed by atoms with Crippen molar-refractivity contribution < 1.29 is 38.0 Å². The molecule has 40 heavy (non-hydrogen) atoms. The van der Waals surface area contributed by atoms with Gasteiger partial charge in [0.05, 0.1) is 28.4 Å². The molecule has 0 amide bonds. The number of hydrogen-bond donors (Lipinski definition) is 1. The summed E-state index contributed by atoms with van der Waals surface area (Å²) >= 11 is 1.23. The normalized spacial score (nSPS) is 18.1. The number of hydrogen-bond acceptors (Lipinski definition) is 11. The first kappa shape index (κ1) is 28.6. The van der Waals surface area contributed by atoms with Gasteiger partial charge in [0.25, 0.3) is 5.56 Å². The third-order valence-corrected chi connectivity index (χ3v) is 7.62. The lowest BCUT2D eigenvalue weighted by Gasteiger charge is -2.26. The highest BCUT2D eigenvalue weighted by Gasteiger charge is 2.44. The SMILES string of the molecule is COc1ccc(C(=O)O[C@H]2[C@H](n3cc(C)c(=O)[nH]c3=O)SC[C@H]2OC(=O)c2ccc(OC)cc2OC)c(OC)c1. The molecule has 0 aliphatic carbocycles. The molecule has 212 valence electrons. The molecule has 1 aliphatic rings. The number of aromatic nitrogens is 2. The van der Waals surface area contributed by atoms with Gasteiger partial charge in [-0.1, -0.05) is 0 Å². The van der Waals surface area contributed by atoms with E-state index in [0.717, 1.165) is 0 Å². The predicted molar refractivity (Wildman–Crippen MR) is 145 cm³/mol.